The number of carbonyl (C=O) groups is 2. The maximum absolute atomic E-state index is 13.4. The molecular weight excluding hydrogens is 413 g/mol. The lowest BCUT2D eigenvalue weighted by molar-refractivity contribution is -0.137. The van der Waals surface area contributed by atoms with Crippen molar-refractivity contribution in [2.24, 2.45) is 0 Å². The van der Waals surface area contributed by atoms with E-state index >= 15 is 0 Å². The third-order valence-corrected chi connectivity index (χ3v) is 4.38. The molecule has 11 heteroatoms. The summed E-state index contributed by atoms with van der Waals surface area (Å²) in [6, 6.07) is 6.50. The molecule has 0 atom stereocenters. The molecule has 0 fully saturated rings. The van der Waals surface area contributed by atoms with Gasteiger partial charge in [-0.2, -0.15) is 18.3 Å². The molecule has 1 aromatic carbocycles. The zero-order valence-corrected chi connectivity index (χ0v) is 16.7. The third-order valence-electron chi connectivity index (χ3n) is 4.38. The number of alkyl halides is 3. The highest BCUT2D eigenvalue weighted by Gasteiger charge is 2.33. The number of benzene rings is 1. The van der Waals surface area contributed by atoms with Crippen molar-refractivity contribution in [1.29, 1.82) is 0 Å². The van der Waals surface area contributed by atoms with Gasteiger partial charge in [0.05, 0.1) is 28.7 Å². The largest absolute Gasteiger partial charge is 0.417 e. The Labute approximate surface area is 175 Å². The SMILES string of the molecule is CC(=O)NCCNC(=O)c1cnn(-c2nccc(-c3ccccc3C(F)(F)F)n2)c1C. The summed E-state index contributed by atoms with van der Waals surface area (Å²) in [6.07, 6.45) is -1.88. The van der Waals surface area contributed by atoms with Crippen molar-refractivity contribution in [1.82, 2.24) is 30.4 Å². The number of halogens is 3. The normalized spacial score (nSPS) is 11.3. The van der Waals surface area contributed by atoms with Crippen molar-refractivity contribution in [2.45, 2.75) is 20.0 Å². The van der Waals surface area contributed by atoms with Gasteiger partial charge in [0.25, 0.3) is 11.9 Å². The Bertz CT molecular complexity index is 1110. The molecule has 0 unspecified atom stereocenters. The van der Waals surface area contributed by atoms with Crippen LogP contribution in [0.4, 0.5) is 13.2 Å². The molecule has 3 aromatic rings. The van der Waals surface area contributed by atoms with Crippen LogP contribution in [0.25, 0.3) is 17.2 Å². The number of aromatic nitrogens is 4. The molecule has 2 amide bonds. The van der Waals surface area contributed by atoms with Crippen molar-refractivity contribution in [3.8, 4) is 17.2 Å². The Morgan fingerprint density at radius 1 is 1.10 bits per heavy atom. The summed E-state index contributed by atoms with van der Waals surface area (Å²) in [5.41, 5.74) is -0.143. The van der Waals surface area contributed by atoms with E-state index in [1.165, 1.54) is 48.3 Å². The van der Waals surface area contributed by atoms with E-state index in [4.69, 9.17) is 0 Å². The molecule has 0 aliphatic heterocycles. The second-order valence-electron chi connectivity index (χ2n) is 6.58. The number of amides is 2. The van der Waals surface area contributed by atoms with Crippen LogP contribution in [0.15, 0.2) is 42.7 Å². The molecule has 8 nitrogen and oxygen atoms in total. The number of nitrogens with one attached hydrogen (secondary N) is 2. The van der Waals surface area contributed by atoms with Crippen molar-refractivity contribution in [3.05, 3.63) is 59.5 Å². The molecule has 162 valence electrons. The second kappa shape index (κ2) is 8.94. The summed E-state index contributed by atoms with van der Waals surface area (Å²) in [4.78, 5) is 31.5. The number of hydrogen-bond donors (Lipinski definition) is 2. The van der Waals surface area contributed by atoms with E-state index in [1.54, 1.807) is 6.92 Å². The number of carbonyl (C=O) groups excluding carboxylic acids is 2. The van der Waals surface area contributed by atoms with E-state index in [1.807, 2.05) is 0 Å². The van der Waals surface area contributed by atoms with Gasteiger partial charge in [0.2, 0.25) is 5.91 Å². The van der Waals surface area contributed by atoms with Crippen LogP contribution < -0.4 is 10.6 Å². The van der Waals surface area contributed by atoms with E-state index in [-0.39, 0.29) is 41.8 Å². The summed E-state index contributed by atoms with van der Waals surface area (Å²) >= 11 is 0. The van der Waals surface area contributed by atoms with Gasteiger partial charge in [-0.3, -0.25) is 9.59 Å². The molecule has 0 aliphatic carbocycles. The van der Waals surface area contributed by atoms with Gasteiger partial charge in [-0.1, -0.05) is 18.2 Å². The van der Waals surface area contributed by atoms with Crippen LogP contribution in [0.1, 0.15) is 28.5 Å². The van der Waals surface area contributed by atoms with Gasteiger partial charge in [-0.05, 0) is 19.1 Å². The first-order chi connectivity index (χ1) is 14.7. The molecule has 0 spiro atoms. The minimum atomic E-state index is -4.54. The summed E-state index contributed by atoms with van der Waals surface area (Å²) in [5.74, 6) is -0.584. The molecule has 0 saturated carbocycles. The maximum atomic E-state index is 13.4. The molecule has 3 rings (SSSR count). The molecule has 0 bridgehead atoms. The minimum absolute atomic E-state index is 0.0317. The van der Waals surface area contributed by atoms with E-state index < -0.39 is 17.6 Å². The Balaban J connectivity index is 1.86. The Morgan fingerprint density at radius 2 is 1.81 bits per heavy atom. The van der Waals surface area contributed by atoms with Crippen LogP contribution in [0.2, 0.25) is 0 Å². The van der Waals surface area contributed by atoms with E-state index in [0.29, 0.717) is 5.69 Å². The molecule has 2 aromatic heterocycles. The third kappa shape index (κ3) is 5.05. The van der Waals surface area contributed by atoms with Crippen LogP contribution in [0.5, 0.6) is 0 Å². The number of hydrogen-bond acceptors (Lipinski definition) is 5. The van der Waals surface area contributed by atoms with Crippen LogP contribution in [0, 0.1) is 6.92 Å². The van der Waals surface area contributed by atoms with Gasteiger partial charge >= 0.3 is 6.18 Å². The van der Waals surface area contributed by atoms with Crippen molar-refractivity contribution in [3.63, 3.8) is 0 Å². The standard InChI is InChI=1S/C20H19F3N6O2/c1-12-15(18(31)25-10-9-24-13(2)30)11-27-29(12)19-26-8-7-17(28-19)14-5-3-4-6-16(14)20(21,22)23/h3-8,11H,9-10H2,1-2H3,(H,24,30)(H,25,31). The van der Waals surface area contributed by atoms with Crippen molar-refractivity contribution < 1.29 is 22.8 Å². The zero-order valence-electron chi connectivity index (χ0n) is 16.7. The first-order valence-corrected chi connectivity index (χ1v) is 9.25. The average Bonchev–Trinajstić information content (AvgIpc) is 3.12. The lowest BCUT2D eigenvalue weighted by Gasteiger charge is -2.12. The molecule has 31 heavy (non-hydrogen) atoms. The lowest BCUT2D eigenvalue weighted by Crippen LogP contribution is -2.33. The predicted octanol–water partition coefficient (Wildman–Crippen LogP) is 2.52. The Hall–Kier alpha value is -3.76. The molecule has 2 N–H and O–H groups in total. The second-order valence-corrected chi connectivity index (χ2v) is 6.58. The van der Waals surface area contributed by atoms with Crippen molar-refractivity contribution >= 4 is 11.8 Å². The first kappa shape index (κ1) is 21.9. The molecule has 0 radical (unpaired) electrons. The van der Waals surface area contributed by atoms with E-state index in [2.05, 4.69) is 25.7 Å². The van der Waals surface area contributed by atoms with Gasteiger partial charge < -0.3 is 10.6 Å². The highest BCUT2D eigenvalue weighted by atomic mass is 19.4. The zero-order chi connectivity index (χ0) is 22.6. The number of rotatable bonds is 6. The quantitative estimate of drug-likeness (QED) is 0.583. The van der Waals surface area contributed by atoms with Gasteiger partial charge in [-0.25, -0.2) is 14.6 Å². The van der Waals surface area contributed by atoms with Crippen LogP contribution >= 0.6 is 0 Å². The summed E-state index contributed by atoms with van der Waals surface area (Å²) < 4.78 is 41.4. The Morgan fingerprint density at radius 3 is 2.52 bits per heavy atom. The fourth-order valence-corrected chi connectivity index (χ4v) is 2.90. The topological polar surface area (TPSA) is 102 Å². The maximum Gasteiger partial charge on any atom is 0.417 e. The fraction of sp³-hybridized carbons (Fsp3) is 0.250. The predicted molar refractivity (Wildman–Crippen MR) is 105 cm³/mol. The molecular formula is C20H19F3N6O2. The summed E-state index contributed by atoms with van der Waals surface area (Å²) in [5, 5.41) is 9.32. The first-order valence-electron chi connectivity index (χ1n) is 9.25. The fourth-order valence-electron chi connectivity index (χ4n) is 2.90. The van der Waals surface area contributed by atoms with E-state index in [0.717, 1.165) is 6.07 Å². The molecule has 2 heterocycles. The van der Waals surface area contributed by atoms with E-state index in [9.17, 15) is 22.8 Å². The highest BCUT2D eigenvalue weighted by molar-refractivity contribution is 5.95. The van der Waals surface area contributed by atoms with Gasteiger partial charge in [0.15, 0.2) is 0 Å². The molecule has 0 aliphatic rings. The average molecular weight is 432 g/mol. The van der Waals surface area contributed by atoms with Crippen molar-refractivity contribution in [2.75, 3.05) is 13.1 Å². The molecule has 0 saturated heterocycles. The summed E-state index contributed by atoms with van der Waals surface area (Å²) in [7, 11) is 0. The van der Waals surface area contributed by atoms with Gasteiger partial charge in [0, 0.05) is 31.8 Å². The number of nitrogens with zero attached hydrogens (tertiary/aromatic N) is 4. The van der Waals surface area contributed by atoms with Crippen LogP contribution in [0.3, 0.4) is 0 Å². The van der Waals surface area contributed by atoms with Gasteiger partial charge in [0.1, 0.15) is 0 Å². The van der Waals surface area contributed by atoms with Crippen LogP contribution in [-0.2, 0) is 11.0 Å². The monoisotopic (exact) mass is 432 g/mol. The van der Waals surface area contributed by atoms with Gasteiger partial charge in [-0.15, -0.1) is 0 Å². The lowest BCUT2D eigenvalue weighted by atomic mass is 10.0. The smallest absolute Gasteiger partial charge is 0.355 e. The Kier molecular flexibility index (Phi) is 6.33. The summed E-state index contributed by atoms with van der Waals surface area (Å²) in [6.45, 7) is 3.49. The van der Waals surface area contributed by atoms with Crippen LogP contribution in [-0.4, -0.2) is 44.7 Å². The highest BCUT2D eigenvalue weighted by Crippen LogP contribution is 2.36. The minimum Gasteiger partial charge on any atom is -0.355 e.